The van der Waals surface area contributed by atoms with Crippen molar-refractivity contribution in [1.82, 2.24) is 19.9 Å². The first-order chi connectivity index (χ1) is 10.1. The van der Waals surface area contributed by atoms with Gasteiger partial charge in [-0.15, -0.1) is 0 Å². The van der Waals surface area contributed by atoms with Crippen molar-refractivity contribution in [2.75, 3.05) is 0 Å². The number of H-pyrrole nitrogens is 1. The molecule has 1 atom stereocenters. The maximum absolute atomic E-state index is 12.0. The highest BCUT2D eigenvalue weighted by Gasteiger charge is 2.14. The van der Waals surface area contributed by atoms with Crippen LogP contribution in [0.1, 0.15) is 43.7 Å². The Morgan fingerprint density at radius 2 is 2.38 bits per heavy atom. The second kappa shape index (κ2) is 7.21. The van der Waals surface area contributed by atoms with Crippen molar-refractivity contribution in [2.24, 2.45) is 0 Å². The van der Waals surface area contributed by atoms with Crippen LogP contribution in [0.3, 0.4) is 0 Å². The fraction of sp³-hybridized carbons (Fsp3) is 0.500. The molecule has 0 aliphatic heterocycles. The first-order valence-corrected chi connectivity index (χ1v) is 7.93. The van der Waals surface area contributed by atoms with E-state index in [1.807, 2.05) is 19.2 Å². The number of carbonyl (C=O) groups is 1. The summed E-state index contributed by atoms with van der Waals surface area (Å²) in [7, 11) is 0. The standard InChI is InChI=1S/C14H20N4O2S/c1-3-11(13-15-6-7-16-13)17-12(19)5-4-8-18-10(2)9-21-14(18)20/h6-7,9,11H,3-5,8H2,1-2H3,(H,15,16)(H,17,19). The van der Waals surface area contributed by atoms with Gasteiger partial charge < -0.3 is 14.9 Å². The van der Waals surface area contributed by atoms with E-state index in [9.17, 15) is 9.59 Å². The molecule has 2 N–H and O–H groups in total. The van der Waals surface area contributed by atoms with Crippen molar-refractivity contribution >= 4 is 17.2 Å². The number of hydrogen-bond acceptors (Lipinski definition) is 4. The smallest absolute Gasteiger partial charge is 0.307 e. The first-order valence-electron chi connectivity index (χ1n) is 7.05. The monoisotopic (exact) mass is 308 g/mol. The van der Waals surface area contributed by atoms with Crippen LogP contribution in [0.15, 0.2) is 22.6 Å². The summed E-state index contributed by atoms with van der Waals surface area (Å²) < 4.78 is 1.71. The molecule has 1 unspecified atom stereocenters. The maximum Gasteiger partial charge on any atom is 0.307 e. The van der Waals surface area contributed by atoms with Gasteiger partial charge in [0, 0.05) is 36.4 Å². The molecule has 114 valence electrons. The number of nitrogens with zero attached hydrogens (tertiary/aromatic N) is 2. The van der Waals surface area contributed by atoms with E-state index in [1.54, 1.807) is 17.0 Å². The first kappa shape index (κ1) is 15.5. The van der Waals surface area contributed by atoms with Gasteiger partial charge in [0.25, 0.3) is 0 Å². The zero-order valence-corrected chi connectivity index (χ0v) is 13.1. The van der Waals surface area contributed by atoms with E-state index in [2.05, 4.69) is 15.3 Å². The lowest BCUT2D eigenvalue weighted by Crippen LogP contribution is -2.29. The molecule has 1 amide bonds. The summed E-state index contributed by atoms with van der Waals surface area (Å²) in [5.41, 5.74) is 0.951. The third-order valence-corrected chi connectivity index (χ3v) is 4.24. The van der Waals surface area contributed by atoms with Crippen LogP contribution in [0.2, 0.25) is 0 Å². The molecule has 0 spiro atoms. The molecule has 2 aromatic rings. The lowest BCUT2D eigenvalue weighted by atomic mass is 10.2. The van der Waals surface area contributed by atoms with Crippen LogP contribution >= 0.6 is 11.3 Å². The summed E-state index contributed by atoms with van der Waals surface area (Å²) in [5, 5.41) is 4.80. The summed E-state index contributed by atoms with van der Waals surface area (Å²) in [5.74, 6) is 0.759. The lowest BCUT2D eigenvalue weighted by molar-refractivity contribution is -0.122. The van der Waals surface area contributed by atoms with Crippen molar-refractivity contribution in [3.05, 3.63) is 39.0 Å². The number of nitrogens with one attached hydrogen (secondary N) is 2. The van der Waals surface area contributed by atoms with Crippen LogP contribution in [-0.2, 0) is 11.3 Å². The van der Waals surface area contributed by atoms with Crippen LogP contribution in [0.4, 0.5) is 0 Å². The van der Waals surface area contributed by atoms with E-state index in [-0.39, 0.29) is 16.8 Å². The SMILES string of the molecule is CCC(NC(=O)CCCn1c(C)csc1=O)c1ncc[nH]1. The van der Waals surface area contributed by atoms with E-state index < -0.39 is 0 Å². The Morgan fingerprint density at radius 1 is 1.57 bits per heavy atom. The van der Waals surface area contributed by atoms with Crippen molar-refractivity contribution in [3.8, 4) is 0 Å². The lowest BCUT2D eigenvalue weighted by Gasteiger charge is -2.14. The summed E-state index contributed by atoms with van der Waals surface area (Å²) >= 11 is 1.20. The van der Waals surface area contributed by atoms with Gasteiger partial charge in [-0.2, -0.15) is 0 Å². The molecule has 7 heteroatoms. The van der Waals surface area contributed by atoms with Crippen molar-refractivity contribution in [3.63, 3.8) is 0 Å². The second-order valence-electron chi connectivity index (χ2n) is 4.90. The molecule has 0 aliphatic carbocycles. The van der Waals surface area contributed by atoms with Crippen LogP contribution in [0.5, 0.6) is 0 Å². The Bertz CT molecular complexity index is 630. The van der Waals surface area contributed by atoms with Gasteiger partial charge in [-0.3, -0.25) is 9.59 Å². The topological polar surface area (TPSA) is 79.8 Å². The molecule has 0 saturated heterocycles. The van der Waals surface area contributed by atoms with E-state index in [1.165, 1.54) is 11.3 Å². The Morgan fingerprint density at radius 3 is 2.95 bits per heavy atom. The molecule has 0 bridgehead atoms. The third-order valence-electron chi connectivity index (χ3n) is 3.35. The van der Waals surface area contributed by atoms with Gasteiger partial charge in [-0.25, -0.2) is 4.98 Å². The molecule has 0 saturated carbocycles. The number of imidazole rings is 1. The van der Waals surface area contributed by atoms with Crippen molar-refractivity contribution in [1.29, 1.82) is 0 Å². The highest BCUT2D eigenvalue weighted by molar-refractivity contribution is 7.07. The highest BCUT2D eigenvalue weighted by Crippen LogP contribution is 2.11. The number of rotatable bonds is 7. The normalized spacial score (nSPS) is 12.3. The number of aromatic amines is 1. The number of carbonyl (C=O) groups excluding carboxylic acids is 1. The molecule has 0 aromatic carbocycles. The van der Waals surface area contributed by atoms with Crippen LogP contribution in [0, 0.1) is 6.92 Å². The molecule has 6 nitrogen and oxygen atoms in total. The van der Waals surface area contributed by atoms with Gasteiger partial charge in [0.05, 0.1) is 6.04 Å². The van der Waals surface area contributed by atoms with Gasteiger partial charge in [0.15, 0.2) is 0 Å². The predicted octanol–water partition coefficient (Wildman–Crippen LogP) is 1.99. The van der Waals surface area contributed by atoms with Gasteiger partial charge in [0.1, 0.15) is 5.82 Å². The largest absolute Gasteiger partial charge is 0.347 e. The molecule has 21 heavy (non-hydrogen) atoms. The van der Waals surface area contributed by atoms with Crippen molar-refractivity contribution in [2.45, 2.75) is 45.7 Å². The van der Waals surface area contributed by atoms with E-state index in [0.29, 0.717) is 19.4 Å². The summed E-state index contributed by atoms with van der Waals surface area (Å²) in [6, 6.07) is -0.0851. The Kier molecular flexibility index (Phi) is 5.32. The highest BCUT2D eigenvalue weighted by atomic mass is 32.1. The summed E-state index contributed by atoms with van der Waals surface area (Å²) in [6.07, 6.45) is 5.25. The van der Waals surface area contributed by atoms with Crippen LogP contribution in [0.25, 0.3) is 0 Å². The molecular weight excluding hydrogens is 288 g/mol. The number of aryl methyl sites for hydroxylation is 1. The molecule has 2 heterocycles. The minimum atomic E-state index is -0.0851. The molecule has 0 fully saturated rings. The van der Waals surface area contributed by atoms with Crippen LogP contribution in [-0.4, -0.2) is 20.4 Å². The summed E-state index contributed by atoms with van der Waals surface area (Å²) in [4.78, 5) is 30.8. The van der Waals surface area contributed by atoms with Crippen LogP contribution < -0.4 is 10.2 Å². The number of amides is 1. The Hall–Kier alpha value is -1.89. The zero-order valence-electron chi connectivity index (χ0n) is 12.3. The number of thiazole rings is 1. The fourth-order valence-electron chi connectivity index (χ4n) is 2.17. The van der Waals surface area contributed by atoms with Gasteiger partial charge in [-0.05, 0) is 19.8 Å². The molecule has 0 aliphatic rings. The van der Waals surface area contributed by atoms with Gasteiger partial charge >= 0.3 is 4.87 Å². The minimum Gasteiger partial charge on any atom is -0.347 e. The molecular formula is C14H20N4O2S. The quantitative estimate of drug-likeness (QED) is 0.821. The number of hydrogen-bond donors (Lipinski definition) is 2. The Labute approximate surface area is 127 Å². The number of aromatic nitrogens is 3. The molecule has 0 radical (unpaired) electrons. The van der Waals surface area contributed by atoms with Gasteiger partial charge in [0.2, 0.25) is 5.91 Å². The second-order valence-corrected chi connectivity index (χ2v) is 5.72. The maximum atomic E-state index is 12.0. The van der Waals surface area contributed by atoms with Crippen molar-refractivity contribution < 1.29 is 4.79 Å². The third kappa shape index (κ3) is 4.04. The van der Waals surface area contributed by atoms with Gasteiger partial charge in [-0.1, -0.05) is 18.3 Å². The van der Waals surface area contributed by atoms with E-state index in [4.69, 9.17) is 0 Å². The minimum absolute atomic E-state index is 0.0146. The average Bonchev–Trinajstić information content (AvgIpc) is 3.09. The molecule has 2 aromatic heterocycles. The Balaban J connectivity index is 1.81. The van der Waals surface area contributed by atoms with E-state index in [0.717, 1.165) is 17.9 Å². The fourth-order valence-corrected chi connectivity index (χ4v) is 2.93. The average molecular weight is 308 g/mol. The summed E-state index contributed by atoms with van der Waals surface area (Å²) in [6.45, 7) is 4.49. The predicted molar refractivity (Wildman–Crippen MR) is 82.3 cm³/mol. The van der Waals surface area contributed by atoms with E-state index >= 15 is 0 Å². The molecule has 2 rings (SSSR count). The zero-order chi connectivity index (χ0) is 15.2.